The normalized spacial score (nSPS) is 24.5. The standard InChI is InChI=1S/C11H15NO/c12-11(10-7-4-8-13-10)9-5-2-1-3-6-9/h1-3,5-6,10-11H,4,7-8,12H2. The van der Waals surface area contributed by atoms with E-state index in [1.807, 2.05) is 18.2 Å². The average molecular weight is 177 g/mol. The number of benzene rings is 1. The SMILES string of the molecule is NC(c1ccccc1)C1CCCO1. The predicted octanol–water partition coefficient (Wildman–Crippen LogP) is 1.87. The van der Waals surface area contributed by atoms with Crippen molar-refractivity contribution in [1.29, 1.82) is 0 Å². The molecule has 1 aromatic carbocycles. The van der Waals surface area contributed by atoms with E-state index in [2.05, 4.69) is 12.1 Å². The molecule has 2 rings (SSSR count). The van der Waals surface area contributed by atoms with Gasteiger partial charge in [-0.25, -0.2) is 0 Å². The van der Waals surface area contributed by atoms with Crippen molar-refractivity contribution in [3.05, 3.63) is 35.9 Å². The fourth-order valence-electron chi connectivity index (χ4n) is 1.78. The lowest BCUT2D eigenvalue weighted by atomic mass is 10.0. The van der Waals surface area contributed by atoms with Gasteiger partial charge in [0.1, 0.15) is 0 Å². The Morgan fingerprint density at radius 2 is 2.08 bits per heavy atom. The Bertz CT molecular complexity index is 254. The molecule has 0 saturated carbocycles. The van der Waals surface area contributed by atoms with Crippen molar-refractivity contribution >= 4 is 0 Å². The molecule has 1 aromatic rings. The second kappa shape index (κ2) is 3.90. The summed E-state index contributed by atoms with van der Waals surface area (Å²) in [6.45, 7) is 0.866. The highest BCUT2D eigenvalue weighted by molar-refractivity contribution is 5.19. The largest absolute Gasteiger partial charge is 0.376 e. The fraction of sp³-hybridized carbons (Fsp3) is 0.455. The van der Waals surface area contributed by atoms with Gasteiger partial charge in [-0.1, -0.05) is 30.3 Å². The van der Waals surface area contributed by atoms with E-state index in [4.69, 9.17) is 10.5 Å². The van der Waals surface area contributed by atoms with Crippen LogP contribution in [0.5, 0.6) is 0 Å². The minimum absolute atomic E-state index is 0.0451. The zero-order valence-electron chi connectivity index (χ0n) is 7.65. The lowest BCUT2D eigenvalue weighted by Crippen LogP contribution is -2.25. The van der Waals surface area contributed by atoms with Gasteiger partial charge < -0.3 is 10.5 Å². The van der Waals surface area contributed by atoms with Gasteiger partial charge in [-0.2, -0.15) is 0 Å². The molecule has 1 fully saturated rings. The summed E-state index contributed by atoms with van der Waals surface area (Å²) in [6, 6.07) is 10.2. The molecule has 0 amide bonds. The Morgan fingerprint density at radius 1 is 1.31 bits per heavy atom. The van der Waals surface area contributed by atoms with E-state index >= 15 is 0 Å². The van der Waals surface area contributed by atoms with Crippen molar-refractivity contribution in [3.63, 3.8) is 0 Å². The average Bonchev–Trinajstić information content (AvgIpc) is 2.71. The Balaban J connectivity index is 2.08. The first kappa shape index (κ1) is 8.73. The van der Waals surface area contributed by atoms with Gasteiger partial charge in [-0.15, -0.1) is 0 Å². The fourth-order valence-corrected chi connectivity index (χ4v) is 1.78. The van der Waals surface area contributed by atoms with E-state index in [0.29, 0.717) is 0 Å². The Morgan fingerprint density at radius 3 is 2.69 bits per heavy atom. The first-order valence-electron chi connectivity index (χ1n) is 4.80. The minimum Gasteiger partial charge on any atom is -0.376 e. The summed E-state index contributed by atoms with van der Waals surface area (Å²) >= 11 is 0. The van der Waals surface area contributed by atoms with Crippen molar-refractivity contribution in [2.75, 3.05) is 6.61 Å². The second-order valence-corrected chi connectivity index (χ2v) is 3.49. The summed E-state index contributed by atoms with van der Waals surface area (Å²) in [6.07, 6.45) is 2.46. The van der Waals surface area contributed by atoms with E-state index < -0.39 is 0 Å². The lowest BCUT2D eigenvalue weighted by Gasteiger charge is -2.18. The van der Waals surface area contributed by atoms with Gasteiger partial charge in [0, 0.05) is 6.61 Å². The highest BCUT2D eigenvalue weighted by Crippen LogP contribution is 2.24. The number of rotatable bonds is 2. The van der Waals surface area contributed by atoms with Gasteiger partial charge in [0.05, 0.1) is 12.1 Å². The third kappa shape index (κ3) is 1.90. The van der Waals surface area contributed by atoms with Gasteiger partial charge in [-0.05, 0) is 18.4 Å². The molecule has 2 heteroatoms. The first-order chi connectivity index (χ1) is 6.38. The maximum absolute atomic E-state index is 6.08. The second-order valence-electron chi connectivity index (χ2n) is 3.49. The quantitative estimate of drug-likeness (QED) is 0.748. The van der Waals surface area contributed by atoms with E-state index in [-0.39, 0.29) is 12.1 Å². The summed E-state index contributed by atoms with van der Waals surface area (Å²) in [5.41, 5.74) is 7.25. The van der Waals surface area contributed by atoms with Crippen molar-refractivity contribution in [1.82, 2.24) is 0 Å². The van der Waals surface area contributed by atoms with E-state index in [1.54, 1.807) is 0 Å². The molecule has 0 aliphatic carbocycles. The molecule has 0 radical (unpaired) electrons. The van der Waals surface area contributed by atoms with Crippen LogP contribution in [0.15, 0.2) is 30.3 Å². The van der Waals surface area contributed by atoms with Gasteiger partial charge in [0.15, 0.2) is 0 Å². The minimum atomic E-state index is 0.0451. The molecule has 0 aromatic heterocycles. The van der Waals surface area contributed by atoms with Crippen LogP contribution in [-0.2, 0) is 4.74 Å². The van der Waals surface area contributed by atoms with Gasteiger partial charge in [0.2, 0.25) is 0 Å². The maximum atomic E-state index is 6.08. The molecule has 2 atom stereocenters. The Kier molecular flexibility index (Phi) is 2.62. The molecule has 2 nitrogen and oxygen atoms in total. The summed E-state index contributed by atoms with van der Waals surface area (Å²) in [5.74, 6) is 0. The maximum Gasteiger partial charge on any atom is 0.0768 e. The number of ether oxygens (including phenoxy) is 1. The van der Waals surface area contributed by atoms with Crippen LogP contribution in [0.3, 0.4) is 0 Å². The van der Waals surface area contributed by atoms with Gasteiger partial charge >= 0.3 is 0 Å². The van der Waals surface area contributed by atoms with Crippen LogP contribution in [0, 0.1) is 0 Å². The molecular weight excluding hydrogens is 162 g/mol. The Labute approximate surface area is 78.7 Å². The molecule has 0 spiro atoms. The van der Waals surface area contributed by atoms with Crippen molar-refractivity contribution < 1.29 is 4.74 Å². The summed E-state index contributed by atoms with van der Waals surface area (Å²) in [5, 5.41) is 0. The van der Waals surface area contributed by atoms with E-state index in [1.165, 1.54) is 5.56 Å². The number of nitrogens with two attached hydrogens (primary N) is 1. The van der Waals surface area contributed by atoms with Crippen LogP contribution < -0.4 is 5.73 Å². The van der Waals surface area contributed by atoms with E-state index in [9.17, 15) is 0 Å². The Hall–Kier alpha value is -0.860. The van der Waals surface area contributed by atoms with Crippen LogP contribution in [0.1, 0.15) is 24.4 Å². The van der Waals surface area contributed by atoms with Crippen LogP contribution >= 0.6 is 0 Å². The molecule has 2 N–H and O–H groups in total. The molecule has 70 valence electrons. The highest BCUT2D eigenvalue weighted by atomic mass is 16.5. The van der Waals surface area contributed by atoms with Crippen LogP contribution in [0.25, 0.3) is 0 Å². The summed E-state index contributed by atoms with van der Waals surface area (Å²) in [7, 11) is 0. The zero-order chi connectivity index (χ0) is 9.10. The molecule has 1 aliphatic heterocycles. The lowest BCUT2D eigenvalue weighted by molar-refractivity contribution is 0.0900. The van der Waals surface area contributed by atoms with Crippen molar-refractivity contribution in [3.8, 4) is 0 Å². The summed E-state index contributed by atoms with van der Waals surface area (Å²) < 4.78 is 5.54. The molecule has 2 unspecified atom stereocenters. The van der Waals surface area contributed by atoms with Gasteiger partial charge in [-0.3, -0.25) is 0 Å². The zero-order valence-corrected chi connectivity index (χ0v) is 7.65. The third-order valence-corrected chi connectivity index (χ3v) is 2.55. The van der Waals surface area contributed by atoms with Crippen LogP contribution in [-0.4, -0.2) is 12.7 Å². The first-order valence-corrected chi connectivity index (χ1v) is 4.80. The number of hydrogen-bond donors (Lipinski definition) is 1. The number of hydrogen-bond acceptors (Lipinski definition) is 2. The third-order valence-electron chi connectivity index (χ3n) is 2.55. The van der Waals surface area contributed by atoms with E-state index in [0.717, 1.165) is 19.4 Å². The van der Waals surface area contributed by atoms with Crippen LogP contribution in [0.4, 0.5) is 0 Å². The predicted molar refractivity (Wildman–Crippen MR) is 52.3 cm³/mol. The summed E-state index contributed by atoms with van der Waals surface area (Å²) in [4.78, 5) is 0. The topological polar surface area (TPSA) is 35.2 Å². The smallest absolute Gasteiger partial charge is 0.0768 e. The van der Waals surface area contributed by atoms with Crippen molar-refractivity contribution in [2.24, 2.45) is 5.73 Å². The van der Waals surface area contributed by atoms with Crippen LogP contribution in [0.2, 0.25) is 0 Å². The molecule has 13 heavy (non-hydrogen) atoms. The van der Waals surface area contributed by atoms with Gasteiger partial charge in [0.25, 0.3) is 0 Å². The molecule has 1 saturated heterocycles. The molecular formula is C11H15NO. The monoisotopic (exact) mass is 177 g/mol. The molecule has 0 bridgehead atoms. The molecule has 1 aliphatic rings. The highest BCUT2D eigenvalue weighted by Gasteiger charge is 2.23. The molecule has 1 heterocycles. The van der Waals surface area contributed by atoms with Crippen molar-refractivity contribution in [2.45, 2.75) is 25.0 Å².